The Labute approximate surface area is 280 Å². The summed E-state index contributed by atoms with van der Waals surface area (Å²) in [6, 6.07) is 18.0. The number of fused-ring (bicyclic) bond motifs is 1. The number of hydrogen-bond donors (Lipinski definition) is 3. The Morgan fingerprint density at radius 2 is 1.75 bits per heavy atom. The summed E-state index contributed by atoms with van der Waals surface area (Å²) in [4.78, 5) is 50.5. The Kier molecular flexibility index (Phi) is 10.3. The van der Waals surface area contributed by atoms with Crippen molar-refractivity contribution >= 4 is 45.9 Å². The Balaban J connectivity index is 1.40. The van der Waals surface area contributed by atoms with Gasteiger partial charge in [0.1, 0.15) is 12.2 Å². The second-order valence-electron chi connectivity index (χ2n) is 13.6. The van der Waals surface area contributed by atoms with Gasteiger partial charge in [-0.3, -0.25) is 19.9 Å². The molecular weight excluding hydrogens is 610 g/mol. The maximum absolute atomic E-state index is 14.0. The van der Waals surface area contributed by atoms with Crippen molar-refractivity contribution in [1.29, 1.82) is 0 Å². The first kappa shape index (κ1) is 34.3. The van der Waals surface area contributed by atoms with Crippen LogP contribution >= 0.6 is 0 Å². The summed E-state index contributed by atoms with van der Waals surface area (Å²) in [7, 11) is 0. The van der Waals surface area contributed by atoms with Gasteiger partial charge in [0, 0.05) is 24.7 Å². The molecule has 3 N–H and O–H groups in total. The van der Waals surface area contributed by atoms with Crippen LogP contribution in [-0.2, 0) is 26.5 Å². The quantitative estimate of drug-likeness (QED) is 0.166. The molecule has 252 valence electrons. The van der Waals surface area contributed by atoms with E-state index in [0.29, 0.717) is 35.1 Å². The standard InChI is InChI=1S/C37H43N5O6/c1-36(2,3)48-32(43)18-25-12-9-17-42(22-25)31-15-16-38-21-30(31)40-34(44)33-29(41-35(45)47-23-24-10-7-6-8-11-24)19-26-13-14-27(37(4,5)46)20-28(26)39-33/h6-8,10-11,13-16,19-21,25,46H,9,12,17-18,22-23H2,1-5H3,(H,40,44)(H,41,45)/t25-/m1/s1. The minimum atomic E-state index is -1.13. The van der Waals surface area contributed by atoms with Crippen LogP contribution < -0.4 is 15.5 Å². The molecule has 2 aromatic carbocycles. The second kappa shape index (κ2) is 14.4. The van der Waals surface area contributed by atoms with Crippen LogP contribution in [0.4, 0.5) is 21.9 Å². The lowest BCUT2D eigenvalue weighted by molar-refractivity contribution is -0.156. The average molecular weight is 654 g/mol. The molecule has 3 heterocycles. The summed E-state index contributed by atoms with van der Waals surface area (Å²) in [5.74, 6) is -0.703. The lowest BCUT2D eigenvalue weighted by Gasteiger charge is -2.35. The normalized spacial score (nSPS) is 15.1. The summed E-state index contributed by atoms with van der Waals surface area (Å²) in [6.07, 6.45) is 4.56. The van der Waals surface area contributed by atoms with Crippen LogP contribution in [0.2, 0.25) is 0 Å². The first-order valence-corrected chi connectivity index (χ1v) is 16.1. The first-order chi connectivity index (χ1) is 22.7. The van der Waals surface area contributed by atoms with E-state index in [4.69, 9.17) is 9.47 Å². The molecule has 0 radical (unpaired) electrons. The maximum atomic E-state index is 14.0. The van der Waals surface area contributed by atoms with Crippen LogP contribution in [0.15, 0.2) is 73.1 Å². The van der Waals surface area contributed by atoms with Crippen molar-refractivity contribution in [3.8, 4) is 0 Å². The highest BCUT2D eigenvalue weighted by Gasteiger charge is 2.27. The summed E-state index contributed by atoms with van der Waals surface area (Å²) in [5.41, 5.74) is 1.57. The molecule has 1 aliphatic rings. The van der Waals surface area contributed by atoms with Gasteiger partial charge in [0.25, 0.3) is 5.91 Å². The van der Waals surface area contributed by atoms with Gasteiger partial charge in [0.15, 0.2) is 5.69 Å². The molecular formula is C37H43N5O6. The van der Waals surface area contributed by atoms with Gasteiger partial charge >= 0.3 is 12.1 Å². The van der Waals surface area contributed by atoms with E-state index in [1.54, 1.807) is 50.5 Å². The minimum absolute atomic E-state index is 0.0386. The number of anilines is 3. The van der Waals surface area contributed by atoms with Crippen molar-refractivity contribution in [3.05, 3.63) is 89.9 Å². The third-order valence-electron chi connectivity index (χ3n) is 7.97. The molecule has 0 aliphatic carbocycles. The molecule has 0 unspecified atom stereocenters. The fourth-order valence-corrected chi connectivity index (χ4v) is 5.70. The number of carbonyl (C=O) groups is 3. The number of ether oxygens (including phenoxy) is 2. The zero-order chi connectivity index (χ0) is 34.5. The zero-order valence-electron chi connectivity index (χ0n) is 28.1. The van der Waals surface area contributed by atoms with Gasteiger partial charge in [0.05, 0.1) is 40.8 Å². The number of benzene rings is 2. The van der Waals surface area contributed by atoms with E-state index in [0.717, 1.165) is 30.6 Å². The van der Waals surface area contributed by atoms with Crippen LogP contribution in [0.1, 0.15) is 75.5 Å². The molecule has 1 atom stereocenters. The molecule has 5 rings (SSSR count). The highest BCUT2D eigenvalue weighted by atomic mass is 16.6. The predicted octanol–water partition coefficient (Wildman–Crippen LogP) is 6.81. The van der Waals surface area contributed by atoms with E-state index in [2.05, 4.69) is 25.5 Å². The summed E-state index contributed by atoms with van der Waals surface area (Å²) in [5, 5.41) is 16.9. The second-order valence-corrected chi connectivity index (χ2v) is 13.6. The lowest BCUT2D eigenvalue weighted by atomic mass is 9.94. The van der Waals surface area contributed by atoms with Gasteiger partial charge < -0.3 is 24.8 Å². The number of aromatic nitrogens is 2. The molecule has 11 nitrogen and oxygen atoms in total. The number of piperidine rings is 1. The fraction of sp³-hybridized carbons (Fsp3) is 0.378. The number of rotatable bonds is 9. The smallest absolute Gasteiger partial charge is 0.412 e. The predicted molar refractivity (Wildman–Crippen MR) is 185 cm³/mol. The third-order valence-corrected chi connectivity index (χ3v) is 7.97. The SMILES string of the molecule is CC(C)(C)OC(=O)C[C@H]1CCCN(c2ccncc2NC(=O)c2nc3cc(C(C)(C)O)ccc3cc2NC(=O)OCc2ccccc2)C1. The Hall–Kier alpha value is -5.03. The number of carbonyl (C=O) groups excluding carboxylic acids is 3. The number of esters is 1. The van der Waals surface area contributed by atoms with Crippen molar-refractivity contribution in [1.82, 2.24) is 9.97 Å². The van der Waals surface area contributed by atoms with Crippen molar-refractivity contribution in [2.45, 2.75) is 71.7 Å². The van der Waals surface area contributed by atoms with Crippen molar-refractivity contribution in [3.63, 3.8) is 0 Å². The average Bonchev–Trinajstić information content (AvgIpc) is 3.02. The van der Waals surface area contributed by atoms with Crippen molar-refractivity contribution < 1.29 is 29.0 Å². The topological polar surface area (TPSA) is 143 Å². The molecule has 0 spiro atoms. The van der Waals surface area contributed by atoms with E-state index in [9.17, 15) is 19.5 Å². The number of nitrogens with one attached hydrogen (secondary N) is 2. The highest BCUT2D eigenvalue weighted by Crippen LogP contribution is 2.32. The van der Waals surface area contributed by atoms with Gasteiger partial charge in [0.2, 0.25) is 0 Å². The molecule has 2 amide bonds. The van der Waals surface area contributed by atoms with E-state index < -0.39 is 23.2 Å². The number of aliphatic hydroxyl groups is 1. The number of pyridine rings is 2. The molecule has 0 saturated carbocycles. The summed E-state index contributed by atoms with van der Waals surface area (Å²) in [6.45, 7) is 10.3. The highest BCUT2D eigenvalue weighted by molar-refractivity contribution is 6.11. The molecule has 1 fully saturated rings. The first-order valence-electron chi connectivity index (χ1n) is 16.1. The number of hydrogen-bond acceptors (Lipinski definition) is 9. The van der Waals surface area contributed by atoms with Crippen LogP contribution in [0.5, 0.6) is 0 Å². The number of nitrogens with zero attached hydrogens (tertiary/aromatic N) is 3. The lowest BCUT2D eigenvalue weighted by Crippen LogP contribution is -2.37. The van der Waals surface area contributed by atoms with Crippen LogP contribution in [0.3, 0.4) is 0 Å². The molecule has 1 saturated heterocycles. The Morgan fingerprint density at radius 3 is 2.48 bits per heavy atom. The van der Waals surface area contributed by atoms with Crippen LogP contribution in [0, 0.1) is 5.92 Å². The van der Waals surface area contributed by atoms with E-state index in [1.807, 2.05) is 57.2 Å². The third kappa shape index (κ3) is 9.07. The van der Waals surface area contributed by atoms with Gasteiger partial charge in [-0.05, 0) is 82.7 Å². The number of amides is 2. The molecule has 0 bridgehead atoms. The Morgan fingerprint density at radius 1 is 0.979 bits per heavy atom. The molecule has 48 heavy (non-hydrogen) atoms. The monoisotopic (exact) mass is 653 g/mol. The van der Waals surface area contributed by atoms with Gasteiger partial charge in [-0.1, -0.05) is 42.5 Å². The van der Waals surface area contributed by atoms with Crippen molar-refractivity contribution in [2.24, 2.45) is 5.92 Å². The van der Waals surface area contributed by atoms with E-state index >= 15 is 0 Å². The summed E-state index contributed by atoms with van der Waals surface area (Å²) < 4.78 is 11.0. The fourth-order valence-electron chi connectivity index (χ4n) is 5.70. The molecule has 1 aliphatic heterocycles. The molecule has 4 aromatic rings. The van der Waals surface area contributed by atoms with Gasteiger partial charge in [-0.15, -0.1) is 0 Å². The van der Waals surface area contributed by atoms with Crippen molar-refractivity contribution in [2.75, 3.05) is 28.6 Å². The molecule has 2 aromatic heterocycles. The van der Waals surface area contributed by atoms with Crippen LogP contribution in [0.25, 0.3) is 10.9 Å². The van der Waals surface area contributed by atoms with Crippen LogP contribution in [-0.4, -0.2) is 51.7 Å². The van der Waals surface area contributed by atoms with Gasteiger partial charge in [-0.2, -0.15) is 0 Å². The summed E-state index contributed by atoms with van der Waals surface area (Å²) >= 11 is 0. The minimum Gasteiger partial charge on any atom is -0.460 e. The molecule has 11 heteroatoms. The maximum Gasteiger partial charge on any atom is 0.412 e. The van der Waals surface area contributed by atoms with E-state index in [1.165, 1.54) is 0 Å². The van der Waals surface area contributed by atoms with E-state index in [-0.39, 0.29) is 29.9 Å². The Bertz CT molecular complexity index is 1780. The van der Waals surface area contributed by atoms with Gasteiger partial charge in [-0.25, -0.2) is 9.78 Å². The largest absolute Gasteiger partial charge is 0.460 e. The zero-order valence-corrected chi connectivity index (χ0v) is 28.1.